The Kier molecular flexibility index (Phi) is 6.43. The first kappa shape index (κ1) is 21.1. The number of nitrogens with one attached hydrogen (secondary N) is 2. The van der Waals surface area contributed by atoms with Gasteiger partial charge in [0.25, 0.3) is 5.91 Å². The number of sulfonamides is 1. The van der Waals surface area contributed by atoms with Gasteiger partial charge in [0.15, 0.2) is 18.1 Å². The molecular formula is C19H26N4O5S. The Morgan fingerprint density at radius 1 is 1.24 bits per heavy atom. The summed E-state index contributed by atoms with van der Waals surface area (Å²) in [5.74, 6) is 0.939. The summed E-state index contributed by atoms with van der Waals surface area (Å²) >= 11 is 0. The van der Waals surface area contributed by atoms with Gasteiger partial charge in [-0.05, 0) is 38.8 Å². The third-order valence-electron chi connectivity index (χ3n) is 4.92. The lowest BCUT2D eigenvalue weighted by molar-refractivity contribution is -0.134. The smallest absolute Gasteiger partial charge is 0.260 e. The molecule has 9 nitrogen and oxygen atoms in total. The fourth-order valence-electron chi connectivity index (χ4n) is 3.43. The lowest BCUT2D eigenvalue weighted by atomic mass is 10.1. The van der Waals surface area contributed by atoms with E-state index in [-0.39, 0.29) is 23.5 Å². The number of carbonyl (C=O) groups excluding carboxylic acids is 1. The van der Waals surface area contributed by atoms with Crippen LogP contribution in [0.2, 0.25) is 0 Å². The Balaban J connectivity index is 1.52. The maximum Gasteiger partial charge on any atom is 0.260 e. The number of benzene rings is 1. The number of rotatable bonds is 7. The van der Waals surface area contributed by atoms with Gasteiger partial charge in [0.05, 0.1) is 18.5 Å². The van der Waals surface area contributed by atoms with E-state index in [2.05, 4.69) is 14.9 Å². The number of para-hydroxylation sites is 2. The van der Waals surface area contributed by atoms with E-state index < -0.39 is 10.0 Å². The molecule has 1 aromatic heterocycles. The topological polar surface area (TPSA) is 114 Å². The van der Waals surface area contributed by atoms with Crippen LogP contribution < -0.4 is 14.2 Å². The highest BCUT2D eigenvalue weighted by atomic mass is 32.2. The molecule has 0 saturated carbocycles. The highest BCUT2D eigenvalue weighted by Crippen LogP contribution is 2.26. The monoisotopic (exact) mass is 422 g/mol. The van der Waals surface area contributed by atoms with Crippen LogP contribution in [0.1, 0.15) is 24.2 Å². The highest BCUT2D eigenvalue weighted by Gasteiger charge is 2.29. The Hall–Kier alpha value is -2.59. The fraction of sp³-hybridized carbons (Fsp3) is 0.474. The number of amides is 1. The van der Waals surface area contributed by atoms with Gasteiger partial charge >= 0.3 is 0 Å². The van der Waals surface area contributed by atoms with Gasteiger partial charge in [0.2, 0.25) is 10.0 Å². The normalized spacial score (nSPS) is 15.3. The molecule has 0 spiro atoms. The SMILES string of the molecule is COc1ccccc1OCC(=O)N1CCC(NS(=O)(=O)c2c(C)n[nH]c2C)CC1. The minimum absolute atomic E-state index is 0.0931. The lowest BCUT2D eigenvalue weighted by Crippen LogP contribution is -2.47. The van der Waals surface area contributed by atoms with Crippen molar-refractivity contribution < 1.29 is 22.7 Å². The summed E-state index contributed by atoms with van der Waals surface area (Å²) in [6.45, 7) is 4.16. The molecule has 29 heavy (non-hydrogen) atoms. The summed E-state index contributed by atoms with van der Waals surface area (Å²) in [4.78, 5) is 14.3. The minimum Gasteiger partial charge on any atom is -0.493 e. The number of aryl methyl sites for hydroxylation is 2. The Morgan fingerprint density at radius 3 is 2.48 bits per heavy atom. The Labute approximate surface area is 170 Å². The van der Waals surface area contributed by atoms with Gasteiger partial charge in [-0.15, -0.1) is 0 Å². The molecule has 10 heteroatoms. The van der Waals surface area contributed by atoms with Crippen LogP contribution in [0.25, 0.3) is 0 Å². The first-order valence-electron chi connectivity index (χ1n) is 9.39. The Morgan fingerprint density at radius 2 is 1.90 bits per heavy atom. The molecule has 1 aliphatic rings. The van der Waals surface area contributed by atoms with Crippen LogP contribution in [-0.4, -0.2) is 62.3 Å². The summed E-state index contributed by atoms with van der Waals surface area (Å²) < 4.78 is 38.8. The molecule has 2 N–H and O–H groups in total. The van der Waals surface area contributed by atoms with Gasteiger partial charge in [-0.1, -0.05) is 12.1 Å². The number of aromatic amines is 1. The number of piperidine rings is 1. The van der Waals surface area contributed by atoms with Crippen LogP contribution in [0.15, 0.2) is 29.2 Å². The van der Waals surface area contributed by atoms with E-state index in [0.29, 0.717) is 48.8 Å². The molecule has 1 aromatic carbocycles. The number of methoxy groups -OCH3 is 1. The number of carbonyl (C=O) groups is 1. The lowest BCUT2D eigenvalue weighted by Gasteiger charge is -2.32. The van der Waals surface area contributed by atoms with Crippen molar-refractivity contribution in [2.24, 2.45) is 0 Å². The molecule has 0 unspecified atom stereocenters. The van der Waals surface area contributed by atoms with E-state index in [1.807, 2.05) is 12.1 Å². The van der Waals surface area contributed by atoms with Gasteiger partial charge in [-0.2, -0.15) is 5.10 Å². The van der Waals surface area contributed by atoms with Crippen LogP contribution in [0.4, 0.5) is 0 Å². The number of hydrogen-bond donors (Lipinski definition) is 2. The molecule has 2 heterocycles. The standard InChI is InChI=1S/C19H26N4O5S/c1-13-19(14(2)21-20-13)29(25,26)22-15-8-10-23(11-9-15)18(24)12-28-17-7-5-4-6-16(17)27-3/h4-7,15,22H,8-12H2,1-3H3,(H,20,21). The number of ether oxygens (including phenoxy) is 2. The average molecular weight is 423 g/mol. The minimum atomic E-state index is -3.66. The summed E-state index contributed by atoms with van der Waals surface area (Å²) in [5, 5.41) is 6.64. The van der Waals surface area contributed by atoms with Crippen LogP contribution >= 0.6 is 0 Å². The van der Waals surface area contributed by atoms with Crippen LogP contribution in [0.5, 0.6) is 11.5 Å². The zero-order valence-corrected chi connectivity index (χ0v) is 17.6. The van der Waals surface area contributed by atoms with Crippen molar-refractivity contribution in [2.45, 2.75) is 37.6 Å². The molecule has 0 aliphatic carbocycles. The number of hydrogen-bond acceptors (Lipinski definition) is 6. The van der Waals surface area contributed by atoms with Crippen molar-refractivity contribution in [3.63, 3.8) is 0 Å². The summed E-state index contributed by atoms with van der Waals surface area (Å²) in [6.07, 6.45) is 1.07. The van der Waals surface area contributed by atoms with Crippen molar-refractivity contribution in [1.82, 2.24) is 19.8 Å². The molecule has 1 aliphatic heterocycles. The molecule has 158 valence electrons. The van der Waals surface area contributed by atoms with Crippen molar-refractivity contribution in [3.8, 4) is 11.5 Å². The third-order valence-corrected chi connectivity index (χ3v) is 6.70. The molecular weight excluding hydrogens is 396 g/mol. The molecule has 2 aromatic rings. The third kappa shape index (κ3) is 4.88. The summed E-state index contributed by atoms with van der Waals surface area (Å²) in [7, 11) is -2.11. The first-order chi connectivity index (χ1) is 13.8. The molecule has 1 saturated heterocycles. The molecule has 0 atom stereocenters. The van der Waals surface area contributed by atoms with E-state index in [9.17, 15) is 13.2 Å². The van der Waals surface area contributed by atoms with E-state index in [0.717, 1.165) is 0 Å². The zero-order valence-electron chi connectivity index (χ0n) is 16.8. The largest absolute Gasteiger partial charge is 0.493 e. The highest BCUT2D eigenvalue weighted by molar-refractivity contribution is 7.89. The second-order valence-electron chi connectivity index (χ2n) is 6.98. The Bertz CT molecular complexity index is 945. The number of aromatic nitrogens is 2. The number of H-pyrrole nitrogens is 1. The van der Waals surface area contributed by atoms with Gasteiger partial charge in [-0.25, -0.2) is 13.1 Å². The van der Waals surface area contributed by atoms with Gasteiger partial charge in [-0.3, -0.25) is 9.89 Å². The van der Waals surface area contributed by atoms with Crippen molar-refractivity contribution in [1.29, 1.82) is 0 Å². The predicted molar refractivity (Wildman–Crippen MR) is 106 cm³/mol. The molecule has 1 fully saturated rings. The van der Waals surface area contributed by atoms with Crippen LogP contribution in [-0.2, 0) is 14.8 Å². The number of nitrogens with zero attached hydrogens (tertiary/aromatic N) is 2. The summed E-state index contributed by atoms with van der Waals surface area (Å²) in [6, 6.07) is 6.91. The van der Waals surface area contributed by atoms with Gasteiger partial charge < -0.3 is 14.4 Å². The van der Waals surface area contributed by atoms with Crippen LogP contribution in [0, 0.1) is 13.8 Å². The van der Waals surface area contributed by atoms with Crippen molar-refractivity contribution in [2.75, 3.05) is 26.8 Å². The summed E-state index contributed by atoms with van der Waals surface area (Å²) in [5.41, 5.74) is 0.951. The maximum atomic E-state index is 12.7. The second kappa shape index (κ2) is 8.83. The predicted octanol–water partition coefficient (Wildman–Crippen LogP) is 1.38. The fourth-order valence-corrected chi connectivity index (χ4v) is 5.11. The second-order valence-corrected chi connectivity index (χ2v) is 8.63. The zero-order chi connectivity index (χ0) is 21.0. The van der Waals surface area contributed by atoms with E-state index >= 15 is 0 Å². The molecule has 0 radical (unpaired) electrons. The number of likely N-dealkylation sites (tertiary alicyclic amines) is 1. The average Bonchev–Trinajstić information content (AvgIpc) is 3.05. The van der Waals surface area contributed by atoms with Gasteiger partial charge in [0.1, 0.15) is 4.90 Å². The van der Waals surface area contributed by atoms with Crippen molar-refractivity contribution >= 4 is 15.9 Å². The van der Waals surface area contributed by atoms with Crippen molar-refractivity contribution in [3.05, 3.63) is 35.7 Å². The van der Waals surface area contributed by atoms with Gasteiger partial charge in [0, 0.05) is 19.1 Å². The van der Waals surface area contributed by atoms with E-state index in [4.69, 9.17) is 9.47 Å². The molecule has 3 rings (SSSR count). The van der Waals surface area contributed by atoms with E-state index in [1.165, 1.54) is 0 Å². The first-order valence-corrected chi connectivity index (χ1v) is 10.9. The van der Waals surface area contributed by atoms with Crippen LogP contribution in [0.3, 0.4) is 0 Å². The molecule has 1 amide bonds. The maximum absolute atomic E-state index is 12.7. The molecule has 0 bridgehead atoms. The quantitative estimate of drug-likeness (QED) is 0.697. The van der Waals surface area contributed by atoms with E-state index in [1.54, 1.807) is 38.0 Å².